The zero-order chi connectivity index (χ0) is 12.1. The lowest BCUT2D eigenvalue weighted by Crippen LogP contribution is -1.98. The van der Waals surface area contributed by atoms with Crippen LogP contribution in [0.15, 0.2) is 70.5 Å². The first-order chi connectivity index (χ1) is 8.27. The topological polar surface area (TPSA) is 0 Å². The molecule has 2 aromatic rings. The van der Waals surface area contributed by atoms with Crippen LogP contribution < -0.4 is 0 Å². The van der Waals surface area contributed by atoms with Gasteiger partial charge < -0.3 is 0 Å². The molecule has 0 aliphatic rings. The van der Waals surface area contributed by atoms with Crippen LogP contribution in [0.2, 0.25) is 0 Å². The van der Waals surface area contributed by atoms with Crippen molar-refractivity contribution in [1.82, 2.24) is 0 Å². The lowest BCUT2D eigenvalue weighted by atomic mass is 10.4. The maximum absolute atomic E-state index is 4.05. The quantitative estimate of drug-likeness (QED) is 0.686. The second-order valence-corrected chi connectivity index (χ2v) is 9.96. The van der Waals surface area contributed by atoms with Crippen molar-refractivity contribution in [2.24, 2.45) is 0 Å². The van der Waals surface area contributed by atoms with E-state index in [0.29, 0.717) is 0 Å². The van der Waals surface area contributed by atoms with Crippen molar-refractivity contribution in [1.29, 1.82) is 0 Å². The molecule has 0 aromatic heterocycles. The van der Waals surface area contributed by atoms with E-state index < -0.39 is 8.46 Å². The first-order valence-electron chi connectivity index (χ1n) is 5.88. The van der Waals surface area contributed by atoms with Crippen LogP contribution in [0, 0.1) is 0 Å². The molecular weight excluding hydrogens is 292 g/mol. The summed E-state index contributed by atoms with van der Waals surface area (Å²) in [6.07, 6.45) is 1.18. The molecule has 2 heteroatoms. The summed E-state index contributed by atoms with van der Waals surface area (Å²) in [4.78, 5) is 2.82. The lowest BCUT2D eigenvalue weighted by Gasteiger charge is -2.34. The normalized spacial score (nSPS) is 12.4. The highest BCUT2D eigenvalue weighted by Gasteiger charge is 2.23. The molecule has 2 rings (SSSR count). The van der Waals surface area contributed by atoms with Crippen molar-refractivity contribution < 1.29 is 0 Å². The van der Waals surface area contributed by atoms with Crippen molar-refractivity contribution in [3.05, 3.63) is 60.7 Å². The van der Waals surface area contributed by atoms with E-state index in [1.54, 1.807) is 0 Å². The summed E-state index contributed by atoms with van der Waals surface area (Å²) in [5.74, 6) is 1.18. The summed E-state index contributed by atoms with van der Waals surface area (Å²) in [5.41, 5.74) is 0. The molecule has 0 unspecified atom stereocenters. The van der Waals surface area contributed by atoms with Gasteiger partial charge >= 0.3 is 0 Å². The Morgan fingerprint density at radius 2 is 1.24 bits per heavy atom. The number of rotatable bonds is 4. The van der Waals surface area contributed by atoms with Gasteiger partial charge in [0.1, 0.15) is 0 Å². The predicted octanol–water partition coefficient (Wildman–Crippen LogP) is 5.63. The molecular formula is C15H17BrS. The van der Waals surface area contributed by atoms with E-state index in [0.717, 1.165) is 0 Å². The minimum atomic E-state index is -1.03. The Balaban J connectivity index is 2.47. The van der Waals surface area contributed by atoms with E-state index in [1.165, 1.54) is 22.0 Å². The number of hydrogen-bond donors (Lipinski definition) is 0. The van der Waals surface area contributed by atoms with Gasteiger partial charge in [0.25, 0.3) is 0 Å². The minimum Gasteiger partial charge on any atom is -0.129 e. The zero-order valence-electron chi connectivity index (χ0n) is 9.97. The summed E-state index contributed by atoms with van der Waals surface area (Å²) in [7, 11) is -1.03. The molecule has 0 fully saturated rings. The Bertz CT molecular complexity index is 413. The predicted molar refractivity (Wildman–Crippen MR) is 81.1 cm³/mol. The molecule has 0 atom stereocenters. The third-order valence-corrected chi connectivity index (χ3v) is 8.94. The molecule has 0 aliphatic heterocycles. The minimum absolute atomic E-state index is 1.03. The van der Waals surface area contributed by atoms with Crippen LogP contribution in [-0.2, 0) is 0 Å². The van der Waals surface area contributed by atoms with Crippen molar-refractivity contribution in [2.75, 3.05) is 5.75 Å². The Labute approximate surface area is 113 Å². The molecule has 0 amide bonds. The van der Waals surface area contributed by atoms with Crippen LogP contribution in [0.25, 0.3) is 0 Å². The Morgan fingerprint density at radius 1 is 0.824 bits per heavy atom. The van der Waals surface area contributed by atoms with Gasteiger partial charge in [-0.1, -0.05) is 43.3 Å². The number of hydrogen-bond acceptors (Lipinski definition) is 0. The molecule has 0 aliphatic carbocycles. The summed E-state index contributed by atoms with van der Waals surface area (Å²) in [6, 6.07) is 21.6. The molecule has 0 saturated carbocycles. The Morgan fingerprint density at radius 3 is 1.59 bits per heavy atom. The van der Waals surface area contributed by atoms with Crippen molar-refractivity contribution in [3.63, 3.8) is 0 Å². The van der Waals surface area contributed by atoms with Crippen LogP contribution >= 0.6 is 23.3 Å². The monoisotopic (exact) mass is 308 g/mol. The average Bonchev–Trinajstić information content (AvgIpc) is 2.41. The lowest BCUT2D eigenvalue weighted by molar-refractivity contribution is 1.09. The van der Waals surface area contributed by atoms with Crippen LogP contribution in [0.3, 0.4) is 0 Å². The van der Waals surface area contributed by atoms with Crippen LogP contribution in [-0.4, -0.2) is 5.75 Å². The third kappa shape index (κ3) is 2.75. The Hall–Kier alpha value is -0.730. The molecule has 0 N–H and O–H groups in total. The largest absolute Gasteiger partial charge is 0.129 e. The molecule has 0 spiro atoms. The highest BCUT2D eigenvalue weighted by atomic mass is 79.9. The molecule has 0 saturated heterocycles. The van der Waals surface area contributed by atoms with Gasteiger partial charge in [0.15, 0.2) is 0 Å². The molecule has 17 heavy (non-hydrogen) atoms. The van der Waals surface area contributed by atoms with Crippen LogP contribution in [0.5, 0.6) is 0 Å². The van der Waals surface area contributed by atoms with E-state index in [9.17, 15) is 0 Å². The van der Waals surface area contributed by atoms with Gasteiger partial charge in [-0.25, -0.2) is 0 Å². The summed E-state index contributed by atoms with van der Waals surface area (Å²) in [5, 5.41) is 0. The fourth-order valence-corrected chi connectivity index (χ4v) is 6.67. The second kappa shape index (κ2) is 5.74. The Kier molecular flexibility index (Phi) is 4.30. The smallest absolute Gasteiger partial charge is 0.00353 e. The molecule has 0 bridgehead atoms. The second-order valence-electron chi connectivity index (χ2n) is 3.98. The standard InChI is InChI=1S/C15H17BrS/c1-2-13-17(16,14-9-5-3-6-10-14)15-11-7-4-8-12-15/h3-12H,2,13H2,1H3. The van der Waals surface area contributed by atoms with E-state index in [2.05, 4.69) is 82.4 Å². The fraction of sp³-hybridized carbons (Fsp3) is 0.200. The van der Waals surface area contributed by atoms with Gasteiger partial charge in [-0.05, 0) is 51.3 Å². The summed E-state index contributed by atoms with van der Waals surface area (Å²) in [6.45, 7) is 2.24. The zero-order valence-corrected chi connectivity index (χ0v) is 12.4. The van der Waals surface area contributed by atoms with Gasteiger partial charge in [-0.15, -0.1) is 8.46 Å². The summed E-state index contributed by atoms with van der Waals surface area (Å²) >= 11 is 4.05. The van der Waals surface area contributed by atoms with E-state index in [1.807, 2.05) is 0 Å². The van der Waals surface area contributed by atoms with Crippen LogP contribution in [0.4, 0.5) is 0 Å². The van der Waals surface area contributed by atoms with Crippen molar-refractivity contribution in [2.45, 2.75) is 23.1 Å². The molecule has 0 nitrogen and oxygen atoms in total. The van der Waals surface area contributed by atoms with Gasteiger partial charge in [-0.2, -0.15) is 0 Å². The maximum atomic E-state index is 4.05. The molecule has 2 aromatic carbocycles. The van der Waals surface area contributed by atoms with E-state index in [-0.39, 0.29) is 0 Å². The van der Waals surface area contributed by atoms with Gasteiger partial charge in [0.05, 0.1) is 0 Å². The van der Waals surface area contributed by atoms with Gasteiger partial charge in [-0.3, -0.25) is 0 Å². The third-order valence-electron chi connectivity index (χ3n) is 2.72. The van der Waals surface area contributed by atoms with Crippen LogP contribution in [0.1, 0.15) is 13.3 Å². The molecule has 0 radical (unpaired) electrons. The van der Waals surface area contributed by atoms with Gasteiger partial charge in [0.2, 0.25) is 0 Å². The first-order valence-corrected chi connectivity index (χ1v) is 9.52. The fourth-order valence-electron chi connectivity index (χ4n) is 1.93. The highest BCUT2D eigenvalue weighted by Crippen LogP contribution is 2.68. The van der Waals surface area contributed by atoms with E-state index >= 15 is 0 Å². The van der Waals surface area contributed by atoms with Gasteiger partial charge in [0, 0.05) is 9.79 Å². The highest BCUT2D eigenvalue weighted by molar-refractivity contribution is 9.58. The number of halogens is 1. The maximum Gasteiger partial charge on any atom is 0.00353 e. The average molecular weight is 309 g/mol. The van der Waals surface area contributed by atoms with Crippen molar-refractivity contribution >= 4 is 23.3 Å². The van der Waals surface area contributed by atoms with Crippen molar-refractivity contribution in [3.8, 4) is 0 Å². The number of benzene rings is 2. The SMILES string of the molecule is CCCS(Br)(c1ccccc1)c1ccccc1. The first kappa shape index (κ1) is 12.7. The van der Waals surface area contributed by atoms with E-state index in [4.69, 9.17) is 0 Å². The molecule has 90 valence electrons. The summed E-state index contributed by atoms with van der Waals surface area (Å²) < 4.78 is 0. The molecule has 0 heterocycles.